The fourth-order valence-electron chi connectivity index (χ4n) is 4.00. The maximum absolute atomic E-state index is 2.43. The quantitative estimate of drug-likeness (QED) is 0.485. The molecule has 0 aliphatic heterocycles. The van der Waals surface area contributed by atoms with Crippen LogP contribution in [0.4, 0.5) is 0 Å². The Hall–Kier alpha value is -2.34. The molecule has 120 valence electrons. The van der Waals surface area contributed by atoms with Crippen LogP contribution in [0.25, 0.3) is 22.3 Å². The third kappa shape index (κ3) is 3.14. The smallest absolute Gasteiger partial charge is 0.0105 e. The zero-order valence-corrected chi connectivity index (χ0v) is 14.1. The van der Waals surface area contributed by atoms with Crippen molar-refractivity contribution in [1.29, 1.82) is 0 Å². The molecule has 0 bridgehead atoms. The fraction of sp³-hybridized carbons (Fsp3) is 0.250. The van der Waals surface area contributed by atoms with E-state index in [1.54, 1.807) is 0 Å². The van der Waals surface area contributed by atoms with Crippen molar-refractivity contribution in [2.75, 3.05) is 0 Å². The summed E-state index contributed by atoms with van der Waals surface area (Å²) in [4.78, 5) is 0. The van der Waals surface area contributed by atoms with Crippen LogP contribution in [0.15, 0.2) is 78.9 Å². The van der Waals surface area contributed by atoms with Crippen LogP contribution in [-0.2, 0) is 0 Å². The van der Waals surface area contributed by atoms with E-state index < -0.39 is 0 Å². The number of hydrogen-bond acceptors (Lipinski definition) is 0. The molecule has 1 fully saturated rings. The van der Waals surface area contributed by atoms with Crippen molar-refractivity contribution in [1.82, 2.24) is 0 Å². The molecule has 3 aromatic rings. The zero-order valence-electron chi connectivity index (χ0n) is 14.1. The van der Waals surface area contributed by atoms with Crippen LogP contribution in [0.5, 0.6) is 0 Å². The number of rotatable bonds is 3. The molecule has 1 saturated carbocycles. The van der Waals surface area contributed by atoms with Gasteiger partial charge in [0, 0.05) is 0 Å². The molecule has 0 saturated heterocycles. The minimum atomic E-state index is 0.752. The Morgan fingerprint density at radius 3 is 1.92 bits per heavy atom. The second-order valence-electron chi connectivity index (χ2n) is 6.87. The molecule has 0 nitrogen and oxygen atoms in total. The molecule has 1 aliphatic carbocycles. The molecule has 0 heteroatoms. The van der Waals surface area contributed by atoms with Gasteiger partial charge in [-0.05, 0) is 46.6 Å². The van der Waals surface area contributed by atoms with Crippen molar-refractivity contribution in [2.24, 2.45) is 0 Å². The van der Waals surface area contributed by atoms with E-state index in [1.165, 1.54) is 59.9 Å². The summed E-state index contributed by atoms with van der Waals surface area (Å²) in [6, 6.07) is 28.7. The standard InChI is InChI=1S/C24H24/c1-3-10-19(11-4-1)21-14-9-15-22(18-21)24-17-8-7-16-23(24)20-12-5-2-6-13-20/h2,5-9,12-19H,1,3-4,10-11H2. The molecule has 0 radical (unpaired) electrons. The summed E-state index contributed by atoms with van der Waals surface area (Å²) in [5, 5.41) is 0. The van der Waals surface area contributed by atoms with Crippen LogP contribution in [0, 0.1) is 0 Å². The molecule has 0 aromatic heterocycles. The molecule has 3 aromatic carbocycles. The highest BCUT2D eigenvalue weighted by atomic mass is 14.2. The highest BCUT2D eigenvalue weighted by molar-refractivity contribution is 5.83. The van der Waals surface area contributed by atoms with Gasteiger partial charge in [-0.3, -0.25) is 0 Å². The first-order valence-corrected chi connectivity index (χ1v) is 9.16. The molecule has 0 N–H and O–H groups in total. The van der Waals surface area contributed by atoms with Gasteiger partial charge in [0.1, 0.15) is 0 Å². The summed E-state index contributed by atoms with van der Waals surface area (Å²) in [5.41, 5.74) is 6.81. The van der Waals surface area contributed by atoms with Crippen molar-refractivity contribution < 1.29 is 0 Å². The first kappa shape index (κ1) is 15.2. The predicted octanol–water partition coefficient (Wildman–Crippen LogP) is 7.07. The van der Waals surface area contributed by atoms with Gasteiger partial charge in [0.15, 0.2) is 0 Å². The first-order valence-electron chi connectivity index (χ1n) is 9.16. The Morgan fingerprint density at radius 2 is 1.17 bits per heavy atom. The molecule has 0 unspecified atom stereocenters. The van der Waals surface area contributed by atoms with Gasteiger partial charge in [-0.15, -0.1) is 0 Å². The lowest BCUT2D eigenvalue weighted by molar-refractivity contribution is 0.444. The van der Waals surface area contributed by atoms with Gasteiger partial charge in [0.2, 0.25) is 0 Å². The minimum Gasteiger partial charge on any atom is -0.0622 e. The van der Waals surface area contributed by atoms with Crippen LogP contribution in [0.2, 0.25) is 0 Å². The highest BCUT2D eigenvalue weighted by Gasteiger charge is 2.16. The monoisotopic (exact) mass is 312 g/mol. The van der Waals surface area contributed by atoms with E-state index in [2.05, 4.69) is 78.9 Å². The Bertz CT molecular complexity index is 795. The summed E-state index contributed by atoms with van der Waals surface area (Å²) in [5.74, 6) is 0.752. The lowest BCUT2D eigenvalue weighted by Gasteiger charge is -2.22. The van der Waals surface area contributed by atoms with E-state index in [4.69, 9.17) is 0 Å². The normalized spacial score (nSPS) is 15.3. The summed E-state index contributed by atoms with van der Waals surface area (Å²) in [7, 11) is 0. The van der Waals surface area contributed by atoms with E-state index >= 15 is 0 Å². The third-order valence-corrected chi connectivity index (χ3v) is 5.29. The van der Waals surface area contributed by atoms with Gasteiger partial charge >= 0.3 is 0 Å². The highest BCUT2D eigenvalue weighted by Crippen LogP contribution is 2.36. The lowest BCUT2D eigenvalue weighted by atomic mass is 9.83. The lowest BCUT2D eigenvalue weighted by Crippen LogP contribution is -2.04. The maximum atomic E-state index is 2.43. The first-order chi connectivity index (χ1) is 11.9. The van der Waals surface area contributed by atoms with Gasteiger partial charge in [-0.25, -0.2) is 0 Å². The van der Waals surface area contributed by atoms with Crippen molar-refractivity contribution in [3.63, 3.8) is 0 Å². The van der Waals surface area contributed by atoms with Crippen molar-refractivity contribution in [3.05, 3.63) is 84.4 Å². The average molecular weight is 312 g/mol. The molecular weight excluding hydrogens is 288 g/mol. The van der Waals surface area contributed by atoms with Crippen LogP contribution >= 0.6 is 0 Å². The topological polar surface area (TPSA) is 0 Å². The van der Waals surface area contributed by atoms with Crippen LogP contribution in [0.1, 0.15) is 43.6 Å². The maximum Gasteiger partial charge on any atom is -0.0105 e. The largest absolute Gasteiger partial charge is 0.0622 e. The van der Waals surface area contributed by atoms with Gasteiger partial charge in [0.25, 0.3) is 0 Å². The Balaban J connectivity index is 1.74. The second kappa shape index (κ2) is 7.05. The van der Waals surface area contributed by atoms with Crippen molar-refractivity contribution in [2.45, 2.75) is 38.0 Å². The van der Waals surface area contributed by atoms with E-state index in [1.807, 2.05) is 0 Å². The van der Waals surface area contributed by atoms with E-state index in [-0.39, 0.29) is 0 Å². The van der Waals surface area contributed by atoms with E-state index in [0.717, 1.165) is 5.92 Å². The Kier molecular flexibility index (Phi) is 4.46. The SMILES string of the molecule is c1ccc(-c2ccccc2-c2cccc(C3CCCCC3)c2)cc1. The zero-order chi connectivity index (χ0) is 16.2. The molecule has 24 heavy (non-hydrogen) atoms. The molecule has 0 heterocycles. The summed E-state index contributed by atoms with van der Waals surface area (Å²) in [6.07, 6.45) is 6.88. The van der Waals surface area contributed by atoms with Crippen LogP contribution < -0.4 is 0 Å². The van der Waals surface area contributed by atoms with Crippen LogP contribution in [0.3, 0.4) is 0 Å². The van der Waals surface area contributed by atoms with Gasteiger partial charge < -0.3 is 0 Å². The molecule has 0 atom stereocenters. The average Bonchev–Trinajstić information content (AvgIpc) is 2.69. The molecule has 0 amide bonds. The minimum absolute atomic E-state index is 0.752. The molecule has 0 spiro atoms. The fourth-order valence-corrected chi connectivity index (χ4v) is 4.00. The number of hydrogen-bond donors (Lipinski definition) is 0. The van der Waals surface area contributed by atoms with Crippen molar-refractivity contribution >= 4 is 0 Å². The molecule has 4 rings (SSSR count). The molecular formula is C24H24. The van der Waals surface area contributed by atoms with Crippen molar-refractivity contribution in [3.8, 4) is 22.3 Å². The summed E-state index contributed by atoms with van der Waals surface area (Å²) < 4.78 is 0. The van der Waals surface area contributed by atoms with Gasteiger partial charge in [-0.2, -0.15) is 0 Å². The van der Waals surface area contributed by atoms with E-state index in [0.29, 0.717) is 0 Å². The molecule has 1 aliphatic rings. The predicted molar refractivity (Wildman–Crippen MR) is 103 cm³/mol. The van der Waals surface area contributed by atoms with Gasteiger partial charge in [-0.1, -0.05) is 98.1 Å². The van der Waals surface area contributed by atoms with E-state index in [9.17, 15) is 0 Å². The summed E-state index contributed by atoms with van der Waals surface area (Å²) in [6.45, 7) is 0. The summed E-state index contributed by atoms with van der Waals surface area (Å²) >= 11 is 0. The van der Waals surface area contributed by atoms with Crippen LogP contribution in [-0.4, -0.2) is 0 Å². The Labute approximate surface area is 145 Å². The number of benzene rings is 3. The Morgan fingerprint density at radius 1 is 0.542 bits per heavy atom. The second-order valence-corrected chi connectivity index (χ2v) is 6.87. The third-order valence-electron chi connectivity index (χ3n) is 5.29. The van der Waals surface area contributed by atoms with Gasteiger partial charge in [0.05, 0.1) is 0 Å².